The number of hydrogen-bond acceptors (Lipinski definition) is 10. The van der Waals surface area contributed by atoms with Crippen molar-refractivity contribution in [3.05, 3.63) is 18.0 Å². The highest BCUT2D eigenvalue weighted by Gasteiger charge is 2.44. The quantitative estimate of drug-likeness (QED) is 0.236. The molecular formula is C16H23N5O5S. The first kappa shape index (κ1) is 20.0. The van der Waals surface area contributed by atoms with E-state index < -0.39 is 31.1 Å². The molecule has 148 valence electrons. The number of aliphatic hydroxyl groups excluding tert-OH is 4. The molecule has 0 spiro atoms. The largest absolute Gasteiger partial charge is 0.394 e. The van der Waals surface area contributed by atoms with Crippen molar-refractivity contribution < 1.29 is 25.2 Å². The van der Waals surface area contributed by atoms with Gasteiger partial charge >= 0.3 is 0 Å². The van der Waals surface area contributed by atoms with Crippen molar-refractivity contribution in [2.24, 2.45) is 0 Å². The molecule has 0 bridgehead atoms. The molecule has 10 nitrogen and oxygen atoms in total. The molecule has 5 N–H and O–H groups in total. The van der Waals surface area contributed by atoms with Gasteiger partial charge in [0, 0.05) is 6.54 Å². The zero-order valence-corrected chi connectivity index (χ0v) is 15.8. The Morgan fingerprint density at radius 3 is 2.74 bits per heavy atom. The van der Waals surface area contributed by atoms with Crippen LogP contribution in [0.1, 0.15) is 13.2 Å². The van der Waals surface area contributed by atoms with Gasteiger partial charge in [0.1, 0.15) is 18.3 Å². The highest BCUT2D eigenvalue weighted by Crippen LogP contribution is 2.32. The molecule has 0 aromatic carbocycles. The summed E-state index contributed by atoms with van der Waals surface area (Å²) < 4.78 is 7.10. The summed E-state index contributed by atoms with van der Waals surface area (Å²) in [5.74, 6) is 0.511. The van der Waals surface area contributed by atoms with Crippen LogP contribution in [-0.2, 0) is 4.74 Å². The van der Waals surface area contributed by atoms with Gasteiger partial charge in [-0.1, -0.05) is 23.4 Å². The van der Waals surface area contributed by atoms with E-state index in [0.29, 0.717) is 28.7 Å². The van der Waals surface area contributed by atoms with E-state index >= 15 is 0 Å². The number of nitrogens with one attached hydrogen (secondary N) is 1. The highest BCUT2D eigenvalue weighted by atomic mass is 32.2. The van der Waals surface area contributed by atoms with Crippen molar-refractivity contribution in [1.29, 1.82) is 0 Å². The van der Waals surface area contributed by atoms with Crippen molar-refractivity contribution in [2.45, 2.75) is 36.6 Å². The Bertz CT molecular complexity index is 829. The maximum absolute atomic E-state index is 10.3. The number of anilines is 1. The Kier molecular flexibility index (Phi) is 6.29. The summed E-state index contributed by atoms with van der Waals surface area (Å²) in [5, 5.41) is 42.3. The molecule has 3 heterocycles. The Labute approximate surface area is 159 Å². The minimum atomic E-state index is -1.22. The van der Waals surface area contributed by atoms with E-state index in [4.69, 9.17) is 9.84 Å². The first-order valence-corrected chi connectivity index (χ1v) is 9.64. The van der Waals surface area contributed by atoms with Crippen LogP contribution in [0.4, 0.5) is 5.82 Å². The molecule has 27 heavy (non-hydrogen) atoms. The number of fused-ring (bicyclic) bond motifs is 1. The van der Waals surface area contributed by atoms with E-state index in [0.717, 1.165) is 5.57 Å². The maximum atomic E-state index is 10.3. The molecule has 0 radical (unpaired) electrons. The fourth-order valence-electron chi connectivity index (χ4n) is 2.79. The molecule has 0 aliphatic carbocycles. The van der Waals surface area contributed by atoms with Crippen LogP contribution in [0.2, 0.25) is 0 Å². The van der Waals surface area contributed by atoms with Gasteiger partial charge in [0.25, 0.3) is 0 Å². The second kappa shape index (κ2) is 8.50. The molecule has 0 amide bonds. The lowest BCUT2D eigenvalue weighted by atomic mass is 10.1. The Morgan fingerprint density at radius 2 is 2.11 bits per heavy atom. The number of aromatic nitrogens is 4. The average molecular weight is 397 g/mol. The van der Waals surface area contributed by atoms with Crippen LogP contribution in [0, 0.1) is 0 Å². The van der Waals surface area contributed by atoms with Gasteiger partial charge in [0.15, 0.2) is 28.4 Å². The Morgan fingerprint density at radius 1 is 1.33 bits per heavy atom. The predicted molar refractivity (Wildman–Crippen MR) is 99.4 cm³/mol. The molecule has 1 unspecified atom stereocenters. The third-order valence-corrected chi connectivity index (χ3v) is 4.89. The van der Waals surface area contributed by atoms with Crippen molar-refractivity contribution in [3.63, 3.8) is 0 Å². The second-order valence-electron chi connectivity index (χ2n) is 6.20. The number of rotatable bonds is 7. The van der Waals surface area contributed by atoms with Crippen LogP contribution in [0.15, 0.2) is 23.1 Å². The standard InChI is InChI=1S/C16H23N5O5S/c1-8(5-22)3-4-17-13-10-14(20-16(19-13)27-2)21(7-18-10)15-12(25)11(24)9(6-23)26-15/h3,7,9,11-12,15,22-25H,4-6H2,1-2H3,(H,17,19,20)/b8-3+/t9?,11-,12-,15+/m0/s1. The van der Waals surface area contributed by atoms with Gasteiger partial charge in [-0.25, -0.2) is 15.0 Å². The van der Waals surface area contributed by atoms with Gasteiger partial charge in [0.05, 0.1) is 19.5 Å². The summed E-state index contributed by atoms with van der Waals surface area (Å²) in [6.07, 6.45) is 0.917. The van der Waals surface area contributed by atoms with Gasteiger partial charge in [-0.3, -0.25) is 4.57 Å². The van der Waals surface area contributed by atoms with E-state index in [9.17, 15) is 15.3 Å². The molecule has 2 aromatic heterocycles. The van der Waals surface area contributed by atoms with Gasteiger partial charge in [-0.05, 0) is 13.2 Å². The number of imidazole rings is 1. The fraction of sp³-hybridized carbons (Fsp3) is 0.562. The highest BCUT2D eigenvalue weighted by molar-refractivity contribution is 7.98. The van der Waals surface area contributed by atoms with Crippen molar-refractivity contribution in [3.8, 4) is 0 Å². The van der Waals surface area contributed by atoms with Crippen LogP contribution < -0.4 is 5.32 Å². The molecule has 0 saturated carbocycles. The maximum Gasteiger partial charge on any atom is 0.191 e. The lowest BCUT2D eigenvalue weighted by Gasteiger charge is -2.17. The SMILES string of the molecule is CSc1nc(NC/C=C(\C)CO)c2ncn([C@@H]3OC(CO)[C@H](O)[C@@H]3O)c2n1. The lowest BCUT2D eigenvalue weighted by Crippen LogP contribution is -2.33. The summed E-state index contributed by atoms with van der Waals surface area (Å²) in [7, 11) is 0. The fourth-order valence-corrected chi connectivity index (χ4v) is 3.15. The summed E-state index contributed by atoms with van der Waals surface area (Å²) >= 11 is 1.35. The van der Waals surface area contributed by atoms with Crippen molar-refractivity contribution in [2.75, 3.05) is 31.3 Å². The molecule has 1 saturated heterocycles. The minimum Gasteiger partial charge on any atom is -0.394 e. The van der Waals surface area contributed by atoms with E-state index in [1.54, 1.807) is 0 Å². The van der Waals surface area contributed by atoms with E-state index in [1.807, 2.05) is 19.3 Å². The molecule has 3 rings (SSSR count). The topological polar surface area (TPSA) is 146 Å². The van der Waals surface area contributed by atoms with Crippen molar-refractivity contribution in [1.82, 2.24) is 19.5 Å². The van der Waals surface area contributed by atoms with Crippen LogP contribution in [-0.4, -0.2) is 84.3 Å². The zero-order chi connectivity index (χ0) is 19.6. The molecule has 2 aromatic rings. The van der Waals surface area contributed by atoms with Crippen LogP contribution >= 0.6 is 11.8 Å². The zero-order valence-electron chi connectivity index (χ0n) is 15.0. The molecule has 1 aliphatic heterocycles. The van der Waals surface area contributed by atoms with Crippen LogP contribution in [0.5, 0.6) is 0 Å². The number of nitrogens with zero attached hydrogens (tertiary/aromatic N) is 4. The van der Waals surface area contributed by atoms with Gasteiger partial charge in [0.2, 0.25) is 0 Å². The first-order chi connectivity index (χ1) is 13.0. The van der Waals surface area contributed by atoms with Gasteiger partial charge in [-0.15, -0.1) is 0 Å². The second-order valence-corrected chi connectivity index (χ2v) is 6.97. The number of thioether (sulfide) groups is 1. The van der Waals surface area contributed by atoms with Crippen molar-refractivity contribution >= 4 is 28.7 Å². The van der Waals surface area contributed by atoms with Gasteiger partial charge in [-0.2, -0.15) is 0 Å². The molecule has 1 fully saturated rings. The van der Waals surface area contributed by atoms with Crippen LogP contribution in [0.25, 0.3) is 11.2 Å². The summed E-state index contributed by atoms with van der Waals surface area (Å²) in [4.78, 5) is 13.2. The number of hydrogen-bond donors (Lipinski definition) is 5. The third-order valence-electron chi connectivity index (χ3n) is 4.34. The Hall–Kier alpha value is -1.76. The molecule has 11 heteroatoms. The van der Waals surface area contributed by atoms with E-state index in [2.05, 4.69) is 20.3 Å². The third kappa shape index (κ3) is 3.93. The van der Waals surface area contributed by atoms with E-state index in [1.165, 1.54) is 22.7 Å². The summed E-state index contributed by atoms with van der Waals surface area (Å²) in [5.41, 5.74) is 1.75. The minimum absolute atomic E-state index is 0.0171. The summed E-state index contributed by atoms with van der Waals surface area (Å²) in [6, 6.07) is 0. The molecule has 1 aliphatic rings. The molecule has 4 atom stereocenters. The van der Waals surface area contributed by atoms with Crippen LogP contribution in [0.3, 0.4) is 0 Å². The number of ether oxygens (including phenoxy) is 1. The smallest absolute Gasteiger partial charge is 0.191 e. The number of aliphatic hydroxyl groups is 4. The normalized spacial score (nSPS) is 26.1. The monoisotopic (exact) mass is 397 g/mol. The average Bonchev–Trinajstić information content (AvgIpc) is 3.22. The summed E-state index contributed by atoms with van der Waals surface area (Å²) in [6.45, 7) is 1.85. The van der Waals surface area contributed by atoms with E-state index in [-0.39, 0.29) is 6.61 Å². The van der Waals surface area contributed by atoms with Gasteiger partial charge < -0.3 is 30.5 Å². The Balaban J connectivity index is 1.96. The lowest BCUT2D eigenvalue weighted by molar-refractivity contribution is -0.0511. The molecular weight excluding hydrogens is 374 g/mol. The predicted octanol–water partition coefficient (Wildman–Crippen LogP) is -0.490. The first-order valence-electron chi connectivity index (χ1n) is 8.41.